The molecule has 33 heavy (non-hydrogen) atoms. The van der Waals surface area contributed by atoms with Crippen LogP contribution in [0.3, 0.4) is 0 Å². The van der Waals surface area contributed by atoms with Gasteiger partial charge in [-0.25, -0.2) is 8.42 Å². The van der Waals surface area contributed by atoms with Crippen molar-refractivity contribution in [1.29, 1.82) is 0 Å². The van der Waals surface area contributed by atoms with Gasteiger partial charge in [0.15, 0.2) is 16.8 Å². The number of anilines is 1. The smallest absolute Gasteiger partial charge is 0.229 e. The lowest BCUT2D eigenvalue weighted by Crippen LogP contribution is -2.15. The summed E-state index contributed by atoms with van der Waals surface area (Å²) in [7, 11) is -3.37. The fourth-order valence-electron chi connectivity index (χ4n) is 3.24. The fraction of sp³-hybridized carbons (Fsp3) is 0.174. The maximum Gasteiger partial charge on any atom is 0.229 e. The maximum absolute atomic E-state index is 13.0. The third kappa shape index (κ3) is 5.89. The van der Waals surface area contributed by atoms with Crippen LogP contribution in [0.2, 0.25) is 0 Å². The Labute approximate surface area is 200 Å². The van der Waals surface area contributed by atoms with E-state index in [0.29, 0.717) is 23.0 Å². The van der Waals surface area contributed by atoms with Gasteiger partial charge in [0, 0.05) is 11.3 Å². The highest BCUT2D eigenvalue weighted by Crippen LogP contribution is 2.31. The molecule has 0 amide bonds. The van der Waals surface area contributed by atoms with E-state index in [0.717, 1.165) is 22.5 Å². The number of sulfonamides is 1. The van der Waals surface area contributed by atoms with Gasteiger partial charge in [-0.1, -0.05) is 48.2 Å². The Morgan fingerprint density at radius 3 is 2.42 bits per heavy atom. The third-order valence-electron chi connectivity index (χ3n) is 4.77. The number of Topliss-reactive ketones (excluding diaryl/α,β-unsaturated/α-hetero) is 1. The van der Waals surface area contributed by atoms with Gasteiger partial charge in [0.2, 0.25) is 10.0 Å². The largest absolute Gasteiger partial charge is 0.297 e. The number of hydrogen-bond donors (Lipinski definition) is 1. The second-order valence-electron chi connectivity index (χ2n) is 7.43. The minimum Gasteiger partial charge on any atom is -0.297 e. The second-order valence-corrected chi connectivity index (χ2v) is 11.4. The average Bonchev–Trinajstić information content (AvgIpc) is 3.44. The molecule has 0 unspecified atom stereocenters. The van der Waals surface area contributed by atoms with Gasteiger partial charge in [-0.05, 0) is 48.2 Å². The van der Waals surface area contributed by atoms with Gasteiger partial charge in [-0.15, -0.1) is 21.5 Å². The molecule has 7 nitrogen and oxygen atoms in total. The Kier molecular flexibility index (Phi) is 6.96. The third-order valence-corrected chi connectivity index (χ3v) is 7.32. The lowest BCUT2D eigenvalue weighted by atomic mass is 10.1. The quantitative estimate of drug-likeness (QED) is 0.263. The van der Waals surface area contributed by atoms with Crippen LogP contribution in [-0.4, -0.2) is 40.5 Å². The van der Waals surface area contributed by atoms with E-state index in [4.69, 9.17) is 0 Å². The summed E-state index contributed by atoms with van der Waals surface area (Å²) in [6.45, 7) is 2.43. The van der Waals surface area contributed by atoms with Crippen LogP contribution in [0.5, 0.6) is 0 Å². The lowest BCUT2D eigenvalue weighted by Gasteiger charge is -2.13. The van der Waals surface area contributed by atoms with Gasteiger partial charge in [0.05, 0.1) is 22.9 Å². The van der Waals surface area contributed by atoms with Crippen molar-refractivity contribution >= 4 is 44.6 Å². The van der Waals surface area contributed by atoms with Gasteiger partial charge in [0.25, 0.3) is 0 Å². The van der Waals surface area contributed by atoms with Gasteiger partial charge >= 0.3 is 0 Å². The molecule has 0 radical (unpaired) electrons. The first-order chi connectivity index (χ1) is 15.8. The minimum atomic E-state index is -3.37. The van der Waals surface area contributed by atoms with E-state index >= 15 is 0 Å². The second kappa shape index (κ2) is 9.90. The van der Waals surface area contributed by atoms with Gasteiger partial charge in [0.1, 0.15) is 0 Å². The van der Waals surface area contributed by atoms with Crippen molar-refractivity contribution in [2.45, 2.75) is 23.9 Å². The normalized spacial score (nSPS) is 12.4. The zero-order chi connectivity index (χ0) is 23.4. The molecule has 10 heteroatoms. The van der Waals surface area contributed by atoms with E-state index in [9.17, 15) is 13.2 Å². The highest BCUT2D eigenvalue weighted by molar-refractivity contribution is 8.00. The monoisotopic (exact) mass is 498 g/mol. The number of nitrogens with zero attached hydrogens (tertiary/aromatic N) is 3. The van der Waals surface area contributed by atoms with Crippen LogP contribution in [0.25, 0.3) is 10.7 Å². The molecule has 4 aromatic rings. The predicted octanol–water partition coefficient (Wildman–Crippen LogP) is 4.79. The van der Waals surface area contributed by atoms with Gasteiger partial charge in [-0.2, -0.15) is 0 Å². The van der Waals surface area contributed by atoms with Gasteiger partial charge < -0.3 is 0 Å². The highest BCUT2D eigenvalue weighted by atomic mass is 32.2. The number of carbonyl (C=O) groups excluding carboxylic acids is 1. The van der Waals surface area contributed by atoms with Crippen molar-refractivity contribution in [2.75, 3.05) is 11.0 Å². The molecule has 0 saturated heterocycles. The number of thiophene rings is 1. The van der Waals surface area contributed by atoms with Crippen molar-refractivity contribution in [1.82, 2.24) is 14.8 Å². The van der Waals surface area contributed by atoms with Crippen molar-refractivity contribution in [2.24, 2.45) is 0 Å². The van der Waals surface area contributed by atoms with Crippen LogP contribution in [0.1, 0.15) is 22.8 Å². The zero-order valence-corrected chi connectivity index (χ0v) is 20.5. The fourth-order valence-corrected chi connectivity index (χ4v) is 5.44. The van der Waals surface area contributed by atoms with Crippen LogP contribution >= 0.6 is 23.1 Å². The molecule has 1 atom stereocenters. The summed E-state index contributed by atoms with van der Waals surface area (Å²) in [5.41, 5.74) is 2.03. The Balaban J connectivity index is 1.56. The summed E-state index contributed by atoms with van der Waals surface area (Å²) in [5, 5.41) is 11.1. The number of nitrogens with one attached hydrogen (secondary N) is 1. The van der Waals surface area contributed by atoms with Crippen molar-refractivity contribution in [3.63, 3.8) is 0 Å². The standard InChI is InChI=1S/C23H22N4O3S3/c1-16(21(28)18-10-12-19(13-11-18)26-33(2,29)30)32-23-25-24-22(20-9-6-14-31-20)27(23)15-17-7-4-3-5-8-17/h3-14,16,26H,15H2,1-2H3/t16-/m1/s1. The number of aromatic nitrogens is 3. The molecule has 0 spiro atoms. The SMILES string of the molecule is C[C@@H](Sc1nnc(-c2cccs2)n1Cc1ccccc1)C(=O)c1ccc(NS(C)(=O)=O)cc1. The Morgan fingerprint density at radius 2 is 1.79 bits per heavy atom. The van der Waals surface area contributed by atoms with E-state index in [-0.39, 0.29) is 5.78 Å². The molecule has 1 N–H and O–H groups in total. The van der Waals surface area contributed by atoms with E-state index < -0.39 is 15.3 Å². The maximum atomic E-state index is 13.0. The molecular formula is C23H22N4O3S3. The van der Waals surface area contributed by atoms with Crippen LogP contribution < -0.4 is 4.72 Å². The number of thioether (sulfide) groups is 1. The first kappa shape index (κ1) is 23.2. The van der Waals surface area contributed by atoms with Crippen LogP contribution in [-0.2, 0) is 16.6 Å². The first-order valence-corrected chi connectivity index (χ1v) is 13.7. The zero-order valence-electron chi connectivity index (χ0n) is 18.0. The van der Waals surface area contributed by atoms with E-state index in [1.54, 1.807) is 35.6 Å². The number of rotatable bonds is 9. The molecule has 2 heterocycles. The van der Waals surface area contributed by atoms with Gasteiger partial charge in [-0.3, -0.25) is 14.1 Å². The summed E-state index contributed by atoms with van der Waals surface area (Å²) in [5.74, 6) is 0.699. The Hall–Kier alpha value is -2.95. The molecule has 0 aliphatic rings. The molecule has 2 aromatic carbocycles. The molecule has 0 saturated carbocycles. The highest BCUT2D eigenvalue weighted by Gasteiger charge is 2.22. The molecule has 2 aromatic heterocycles. The van der Waals surface area contributed by atoms with Crippen LogP contribution in [0, 0.1) is 0 Å². The molecule has 0 aliphatic heterocycles. The van der Waals surface area contributed by atoms with E-state index in [1.165, 1.54) is 11.8 Å². The molecule has 170 valence electrons. The van der Waals surface area contributed by atoms with Crippen LogP contribution in [0.15, 0.2) is 77.3 Å². The Morgan fingerprint density at radius 1 is 1.06 bits per heavy atom. The van der Waals surface area contributed by atoms with E-state index in [1.807, 2.05) is 59.3 Å². The van der Waals surface area contributed by atoms with Crippen molar-refractivity contribution < 1.29 is 13.2 Å². The number of ketones is 1. The summed E-state index contributed by atoms with van der Waals surface area (Å²) in [4.78, 5) is 14.0. The molecule has 4 rings (SSSR count). The molecule has 0 aliphatic carbocycles. The number of hydrogen-bond acceptors (Lipinski definition) is 7. The topological polar surface area (TPSA) is 93.9 Å². The Bertz CT molecular complexity index is 1330. The number of carbonyl (C=O) groups is 1. The summed E-state index contributed by atoms with van der Waals surface area (Å²) in [6, 6.07) is 20.4. The lowest BCUT2D eigenvalue weighted by molar-refractivity contribution is 0.0994. The predicted molar refractivity (Wildman–Crippen MR) is 133 cm³/mol. The first-order valence-electron chi connectivity index (χ1n) is 10.1. The molecule has 0 fully saturated rings. The van der Waals surface area contributed by atoms with Crippen molar-refractivity contribution in [3.05, 3.63) is 83.2 Å². The molecular weight excluding hydrogens is 476 g/mol. The summed E-state index contributed by atoms with van der Waals surface area (Å²) >= 11 is 2.95. The number of benzene rings is 2. The van der Waals surface area contributed by atoms with E-state index in [2.05, 4.69) is 14.9 Å². The van der Waals surface area contributed by atoms with Crippen molar-refractivity contribution in [3.8, 4) is 10.7 Å². The summed E-state index contributed by atoms with van der Waals surface area (Å²) < 4.78 is 27.2. The summed E-state index contributed by atoms with van der Waals surface area (Å²) in [6.07, 6.45) is 1.08. The average molecular weight is 499 g/mol. The van der Waals surface area contributed by atoms with Crippen LogP contribution in [0.4, 0.5) is 5.69 Å². The minimum absolute atomic E-state index is 0.0714. The molecule has 0 bridgehead atoms.